The number of fused-ring (bicyclic) bond motifs is 4. The fraction of sp³-hybridized carbons (Fsp3) is 0.476. The molecule has 6 heteroatoms. The number of piperidine rings is 1. The topological polar surface area (TPSA) is 43.7 Å². The Kier molecular flexibility index (Phi) is 4.18. The van der Waals surface area contributed by atoms with Gasteiger partial charge in [0.05, 0.1) is 11.4 Å². The third-order valence-corrected chi connectivity index (χ3v) is 5.47. The standard InChI is InChI=1S/C21H25ClN2O3/c1-14-5-8-18-21(26-17-13-15(22)6-7-16(17)24(14)18)9-11-23(12-10-21)19(25)27-20(2,3)4/h5-8,13H,9-12H2,1-4H3. The van der Waals surface area contributed by atoms with Gasteiger partial charge in [-0.25, -0.2) is 4.79 Å². The number of aromatic nitrogens is 1. The van der Waals surface area contributed by atoms with Crippen LogP contribution in [0.1, 0.15) is 45.0 Å². The lowest BCUT2D eigenvalue weighted by atomic mass is 9.86. The molecule has 1 aromatic carbocycles. The molecule has 0 N–H and O–H groups in total. The van der Waals surface area contributed by atoms with E-state index in [0.717, 1.165) is 22.8 Å². The summed E-state index contributed by atoms with van der Waals surface area (Å²) in [5.74, 6) is 0.792. The van der Waals surface area contributed by atoms with Crippen molar-refractivity contribution in [3.05, 3.63) is 46.7 Å². The van der Waals surface area contributed by atoms with Gasteiger partial charge in [0, 0.05) is 42.7 Å². The fourth-order valence-corrected chi connectivity index (χ4v) is 4.13. The molecule has 2 aliphatic heterocycles. The number of hydrogen-bond acceptors (Lipinski definition) is 3. The van der Waals surface area contributed by atoms with Crippen molar-refractivity contribution in [3.8, 4) is 11.4 Å². The van der Waals surface area contributed by atoms with Gasteiger partial charge in [-0.05, 0) is 52.0 Å². The number of amides is 1. The third kappa shape index (κ3) is 3.18. The Morgan fingerprint density at radius 1 is 1.19 bits per heavy atom. The molecule has 3 heterocycles. The van der Waals surface area contributed by atoms with E-state index in [4.69, 9.17) is 21.1 Å². The molecule has 5 nitrogen and oxygen atoms in total. The maximum Gasteiger partial charge on any atom is 0.410 e. The first-order valence-corrected chi connectivity index (χ1v) is 9.72. The molecule has 27 heavy (non-hydrogen) atoms. The van der Waals surface area contributed by atoms with E-state index < -0.39 is 11.2 Å². The molecule has 0 radical (unpaired) electrons. The van der Waals surface area contributed by atoms with Crippen LogP contribution in [0.15, 0.2) is 30.3 Å². The molecule has 0 unspecified atom stereocenters. The van der Waals surface area contributed by atoms with Crippen molar-refractivity contribution in [1.29, 1.82) is 0 Å². The van der Waals surface area contributed by atoms with E-state index in [-0.39, 0.29) is 6.09 Å². The van der Waals surface area contributed by atoms with E-state index in [1.54, 1.807) is 4.90 Å². The number of ether oxygens (including phenoxy) is 2. The summed E-state index contributed by atoms with van der Waals surface area (Å²) < 4.78 is 14.3. The van der Waals surface area contributed by atoms with Crippen molar-refractivity contribution in [3.63, 3.8) is 0 Å². The number of nitrogens with zero attached hydrogens (tertiary/aromatic N) is 2. The molecule has 4 rings (SSSR count). The second-order valence-electron chi connectivity index (χ2n) is 8.37. The normalized spacial score (nSPS) is 17.9. The summed E-state index contributed by atoms with van der Waals surface area (Å²) in [6, 6.07) is 10.0. The summed E-state index contributed by atoms with van der Waals surface area (Å²) in [5.41, 5.74) is 2.36. The van der Waals surface area contributed by atoms with E-state index in [1.807, 2.05) is 39.0 Å². The maximum atomic E-state index is 12.4. The van der Waals surface area contributed by atoms with Gasteiger partial charge in [0.1, 0.15) is 11.4 Å². The summed E-state index contributed by atoms with van der Waals surface area (Å²) >= 11 is 6.21. The molecular weight excluding hydrogens is 364 g/mol. The average Bonchev–Trinajstić information content (AvgIpc) is 2.97. The molecule has 1 fully saturated rings. The van der Waals surface area contributed by atoms with Crippen molar-refractivity contribution in [1.82, 2.24) is 9.47 Å². The van der Waals surface area contributed by atoms with Crippen LogP contribution in [0, 0.1) is 6.92 Å². The largest absolute Gasteiger partial charge is 0.479 e. The number of hydrogen-bond donors (Lipinski definition) is 0. The first-order chi connectivity index (χ1) is 12.7. The maximum absolute atomic E-state index is 12.4. The summed E-state index contributed by atoms with van der Waals surface area (Å²) in [6.45, 7) is 8.94. The summed E-state index contributed by atoms with van der Waals surface area (Å²) in [4.78, 5) is 14.2. The van der Waals surface area contributed by atoms with Gasteiger partial charge in [0.15, 0.2) is 5.60 Å². The number of benzene rings is 1. The molecule has 0 bridgehead atoms. The van der Waals surface area contributed by atoms with Crippen LogP contribution in [0.25, 0.3) is 5.69 Å². The Hall–Kier alpha value is -2.14. The minimum Gasteiger partial charge on any atom is -0.479 e. The fourth-order valence-electron chi connectivity index (χ4n) is 3.97. The highest BCUT2D eigenvalue weighted by atomic mass is 35.5. The Labute approximate surface area is 164 Å². The van der Waals surface area contributed by atoms with Crippen molar-refractivity contribution < 1.29 is 14.3 Å². The summed E-state index contributed by atoms with van der Waals surface area (Å²) in [5, 5.41) is 0.656. The second-order valence-corrected chi connectivity index (χ2v) is 8.81. The van der Waals surface area contributed by atoms with Crippen LogP contribution in [0.5, 0.6) is 5.75 Å². The van der Waals surface area contributed by atoms with Gasteiger partial charge in [0.2, 0.25) is 0 Å². The predicted molar refractivity (Wildman–Crippen MR) is 105 cm³/mol. The van der Waals surface area contributed by atoms with Crippen LogP contribution in [-0.2, 0) is 10.3 Å². The van der Waals surface area contributed by atoms with Gasteiger partial charge in [-0.15, -0.1) is 0 Å². The molecule has 1 spiro atoms. The number of rotatable bonds is 0. The van der Waals surface area contributed by atoms with E-state index in [2.05, 4.69) is 23.6 Å². The molecule has 2 aliphatic rings. The summed E-state index contributed by atoms with van der Waals surface area (Å²) in [6.07, 6.45) is 1.16. The zero-order chi connectivity index (χ0) is 19.4. The monoisotopic (exact) mass is 388 g/mol. The highest BCUT2D eigenvalue weighted by Gasteiger charge is 2.45. The molecule has 2 aromatic rings. The van der Waals surface area contributed by atoms with Crippen molar-refractivity contribution in [2.24, 2.45) is 0 Å². The first kappa shape index (κ1) is 18.2. The van der Waals surface area contributed by atoms with Crippen LogP contribution in [0.2, 0.25) is 5.02 Å². The zero-order valence-electron chi connectivity index (χ0n) is 16.2. The van der Waals surface area contributed by atoms with Gasteiger partial charge in [-0.3, -0.25) is 0 Å². The van der Waals surface area contributed by atoms with E-state index in [0.29, 0.717) is 31.0 Å². The number of likely N-dealkylation sites (tertiary alicyclic amines) is 1. The smallest absolute Gasteiger partial charge is 0.410 e. The predicted octanol–water partition coefficient (Wildman–Crippen LogP) is 5.06. The molecule has 0 saturated carbocycles. The Balaban J connectivity index is 1.63. The average molecular weight is 389 g/mol. The molecule has 1 amide bonds. The number of carbonyl (C=O) groups excluding carboxylic acids is 1. The third-order valence-electron chi connectivity index (χ3n) is 5.23. The van der Waals surface area contributed by atoms with Crippen LogP contribution >= 0.6 is 11.6 Å². The Morgan fingerprint density at radius 3 is 2.56 bits per heavy atom. The van der Waals surface area contributed by atoms with Crippen LogP contribution in [0.4, 0.5) is 4.79 Å². The van der Waals surface area contributed by atoms with Crippen LogP contribution < -0.4 is 4.74 Å². The Bertz CT molecular complexity index is 889. The molecule has 1 aromatic heterocycles. The minimum absolute atomic E-state index is 0.261. The van der Waals surface area contributed by atoms with E-state index in [1.165, 1.54) is 0 Å². The second kappa shape index (κ2) is 6.20. The van der Waals surface area contributed by atoms with Crippen LogP contribution in [-0.4, -0.2) is 34.3 Å². The van der Waals surface area contributed by atoms with Gasteiger partial charge < -0.3 is 18.9 Å². The van der Waals surface area contributed by atoms with Gasteiger partial charge in [0.25, 0.3) is 0 Å². The molecule has 0 aliphatic carbocycles. The number of carbonyl (C=O) groups is 1. The zero-order valence-corrected chi connectivity index (χ0v) is 17.0. The van der Waals surface area contributed by atoms with Crippen molar-refractivity contribution >= 4 is 17.7 Å². The number of halogens is 1. The molecular formula is C21H25ClN2O3. The Morgan fingerprint density at radius 2 is 1.89 bits per heavy atom. The van der Waals surface area contributed by atoms with Crippen molar-refractivity contribution in [2.75, 3.05) is 13.1 Å². The van der Waals surface area contributed by atoms with Gasteiger partial charge in [-0.1, -0.05) is 11.6 Å². The van der Waals surface area contributed by atoms with Gasteiger partial charge in [-0.2, -0.15) is 0 Å². The van der Waals surface area contributed by atoms with Crippen LogP contribution in [0.3, 0.4) is 0 Å². The molecule has 144 valence electrons. The molecule has 0 atom stereocenters. The van der Waals surface area contributed by atoms with Gasteiger partial charge >= 0.3 is 6.09 Å². The highest BCUT2D eigenvalue weighted by molar-refractivity contribution is 6.30. The summed E-state index contributed by atoms with van der Waals surface area (Å²) in [7, 11) is 0. The van der Waals surface area contributed by atoms with Crippen molar-refractivity contribution in [2.45, 2.75) is 51.7 Å². The molecule has 1 saturated heterocycles. The lowest BCUT2D eigenvalue weighted by Crippen LogP contribution is -2.50. The number of aryl methyl sites for hydroxylation is 1. The lowest BCUT2D eigenvalue weighted by molar-refractivity contribution is -0.0269. The van der Waals surface area contributed by atoms with E-state index in [9.17, 15) is 4.79 Å². The minimum atomic E-state index is -0.491. The highest BCUT2D eigenvalue weighted by Crippen LogP contribution is 2.46. The first-order valence-electron chi connectivity index (χ1n) is 9.34. The van der Waals surface area contributed by atoms with E-state index >= 15 is 0 Å². The lowest BCUT2D eigenvalue weighted by Gasteiger charge is -2.45. The quantitative estimate of drug-likeness (QED) is 0.633. The SMILES string of the molecule is Cc1ccc2n1-c1ccc(Cl)cc1OC21CCN(C(=O)OC(C)(C)C)CC1.